The van der Waals surface area contributed by atoms with Crippen molar-refractivity contribution in [3.63, 3.8) is 0 Å². The van der Waals surface area contributed by atoms with E-state index >= 15 is 0 Å². The molecule has 74 heavy (non-hydrogen) atoms. The zero-order valence-electron chi connectivity index (χ0n) is 44.2. The number of aromatic nitrogens is 2. The Balaban J connectivity index is 0.000000210. The van der Waals surface area contributed by atoms with E-state index in [-0.39, 0.29) is 33.6 Å². The molecule has 0 saturated heterocycles. The van der Waals surface area contributed by atoms with Crippen molar-refractivity contribution < 1.29 is 43.8 Å². The summed E-state index contributed by atoms with van der Waals surface area (Å²) in [7, 11) is 0. The molecular formula is C64H62Co2N6O2. The van der Waals surface area contributed by atoms with Crippen molar-refractivity contribution in [2.24, 2.45) is 20.0 Å². The Morgan fingerprint density at radius 3 is 0.689 bits per heavy atom. The molecule has 0 amide bonds. The van der Waals surface area contributed by atoms with Gasteiger partial charge in [-0.25, -0.2) is 9.97 Å². The second-order valence-corrected chi connectivity index (χ2v) is 18.3. The summed E-state index contributed by atoms with van der Waals surface area (Å²) in [6, 6.07) is 51.4. The molecule has 9 rings (SSSR count). The second kappa shape index (κ2) is 26.0. The molecule has 0 aliphatic carbocycles. The van der Waals surface area contributed by atoms with Crippen molar-refractivity contribution in [2.45, 2.75) is 83.1 Å². The Morgan fingerprint density at radius 1 is 0.284 bits per heavy atom. The van der Waals surface area contributed by atoms with Gasteiger partial charge in [-0.3, -0.25) is 20.0 Å². The molecule has 0 aliphatic rings. The summed E-state index contributed by atoms with van der Waals surface area (Å²) in [6.45, 7) is 24.7. The summed E-state index contributed by atoms with van der Waals surface area (Å²) in [4.78, 5) is 29.1. The van der Waals surface area contributed by atoms with Crippen LogP contribution in [0.3, 0.4) is 0 Å². The summed E-state index contributed by atoms with van der Waals surface area (Å²) < 4.78 is 0. The molecule has 0 N–H and O–H groups in total. The number of aliphatic imine (C=N–C) groups is 4. The van der Waals surface area contributed by atoms with Gasteiger partial charge in [0.05, 0.1) is 68.4 Å². The zero-order chi connectivity index (χ0) is 51.6. The number of rotatable bonds is 8. The van der Waals surface area contributed by atoms with Crippen LogP contribution >= 0.6 is 0 Å². The molecule has 378 valence electrons. The van der Waals surface area contributed by atoms with E-state index in [9.17, 15) is 10.2 Å². The maximum Gasteiger partial charge on any atom is 1.00 e. The van der Waals surface area contributed by atoms with E-state index < -0.39 is 11.5 Å². The summed E-state index contributed by atoms with van der Waals surface area (Å²) in [5.74, 6) is -0.816. The Labute approximate surface area is 457 Å². The van der Waals surface area contributed by atoms with Crippen molar-refractivity contribution in [1.29, 1.82) is 0 Å². The zero-order valence-corrected chi connectivity index (χ0v) is 46.3. The molecule has 10 heteroatoms. The number of nitrogens with zero attached hydrogens (tertiary/aromatic N) is 6. The van der Waals surface area contributed by atoms with Crippen LogP contribution < -0.4 is 10.2 Å². The SMILES string of the molecule is CC(=Nc1c(C)cccc1C)c1cccc(C(C)=Nc2c(C)cccc2C)n1.CC(=Nc1c(C)cccc1C)c1cccc(C(C)=Nc2c(C)cccc2C)n1.[Co+].[Co+].[O-]c1c([O-])c2ccccc2c2ccccc12. The molecule has 0 atom stereocenters. The predicted octanol–water partition coefficient (Wildman–Crippen LogP) is 15.3. The maximum absolute atomic E-state index is 11.8. The fourth-order valence-corrected chi connectivity index (χ4v) is 8.58. The smallest absolute Gasteiger partial charge is 0.872 e. The van der Waals surface area contributed by atoms with Gasteiger partial charge >= 0.3 is 33.6 Å². The van der Waals surface area contributed by atoms with Gasteiger partial charge in [0.1, 0.15) is 0 Å². The van der Waals surface area contributed by atoms with Crippen LogP contribution in [0.15, 0.2) is 178 Å². The number of fused-ring (bicyclic) bond motifs is 3. The molecule has 0 bridgehead atoms. The van der Waals surface area contributed by atoms with Gasteiger partial charge in [-0.05, 0) is 173 Å². The van der Waals surface area contributed by atoms with Gasteiger partial charge in [-0.15, -0.1) is 11.5 Å². The summed E-state index contributed by atoms with van der Waals surface area (Å²) >= 11 is 0. The minimum atomic E-state index is -0.408. The fraction of sp³-hybridized carbons (Fsp3) is 0.188. The van der Waals surface area contributed by atoms with Crippen LogP contribution in [0.25, 0.3) is 21.5 Å². The van der Waals surface area contributed by atoms with Crippen LogP contribution in [0.2, 0.25) is 0 Å². The topological polar surface area (TPSA) is 121 Å². The standard InChI is InChI=1S/2C25H27N3.C14H10O2.2Co/c2*1-16-10-7-11-17(2)24(16)26-20(5)22-14-9-15-23(28-22)21(6)27-25-18(3)12-8-13-19(25)4;15-13-11-7-3-1-5-9(11)10-6-2-4-8-12(10)14(13)16;;/h2*7-15H,1-6H3;1-8,15-16H;;/q;;;2*+1/p-2. The van der Waals surface area contributed by atoms with Crippen LogP contribution in [0.4, 0.5) is 22.7 Å². The van der Waals surface area contributed by atoms with Crippen LogP contribution in [-0.2, 0) is 33.6 Å². The Bertz CT molecular complexity index is 3110. The molecule has 0 saturated carbocycles. The second-order valence-electron chi connectivity index (χ2n) is 18.3. The minimum Gasteiger partial charge on any atom is -0.872 e. The first-order chi connectivity index (χ1) is 34.5. The van der Waals surface area contributed by atoms with Crippen LogP contribution in [0, 0.1) is 55.4 Å². The van der Waals surface area contributed by atoms with Gasteiger partial charge in [0.2, 0.25) is 0 Å². The normalized spacial score (nSPS) is 11.7. The van der Waals surface area contributed by atoms with Crippen LogP contribution in [0.5, 0.6) is 11.5 Å². The molecule has 0 spiro atoms. The van der Waals surface area contributed by atoms with Gasteiger partial charge in [-0.1, -0.05) is 133 Å². The molecule has 0 fully saturated rings. The third-order valence-electron chi connectivity index (χ3n) is 12.7. The first-order valence-corrected chi connectivity index (χ1v) is 24.2. The Kier molecular flexibility index (Phi) is 20.3. The summed E-state index contributed by atoms with van der Waals surface area (Å²) in [6.07, 6.45) is 0. The van der Waals surface area contributed by atoms with Gasteiger partial charge < -0.3 is 10.2 Å². The van der Waals surface area contributed by atoms with E-state index in [0.29, 0.717) is 10.8 Å². The average Bonchev–Trinajstić information content (AvgIpc) is 3.38. The van der Waals surface area contributed by atoms with Crippen molar-refractivity contribution in [1.82, 2.24) is 9.97 Å². The number of hydrogen-bond donors (Lipinski definition) is 0. The van der Waals surface area contributed by atoms with Gasteiger partial charge in [-0.2, -0.15) is 0 Å². The maximum atomic E-state index is 11.8. The van der Waals surface area contributed by atoms with E-state index in [1.165, 1.54) is 44.5 Å². The molecule has 0 aliphatic heterocycles. The van der Waals surface area contributed by atoms with E-state index in [0.717, 1.165) is 79.1 Å². The monoisotopic (exact) mass is 1060 g/mol. The van der Waals surface area contributed by atoms with E-state index in [2.05, 4.69) is 128 Å². The molecular weight excluding hydrogens is 1000 g/mol. The van der Waals surface area contributed by atoms with Gasteiger partial charge in [0.25, 0.3) is 0 Å². The number of benzene rings is 7. The van der Waals surface area contributed by atoms with E-state index in [4.69, 9.17) is 29.9 Å². The van der Waals surface area contributed by atoms with E-state index in [1.54, 1.807) is 24.3 Å². The fourth-order valence-electron chi connectivity index (χ4n) is 8.58. The molecule has 8 nitrogen and oxygen atoms in total. The Morgan fingerprint density at radius 2 is 0.473 bits per heavy atom. The number of hydrogen-bond acceptors (Lipinski definition) is 8. The van der Waals surface area contributed by atoms with Gasteiger partial charge in [0, 0.05) is 0 Å². The molecule has 0 unspecified atom stereocenters. The summed E-state index contributed by atoms with van der Waals surface area (Å²) in [5, 5.41) is 26.4. The third kappa shape index (κ3) is 13.6. The Hall–Kier alpha value is -7.35. The van der Waals surface area contributed by atoms with Crippen LogP contribution in [0.1, 0.15) is 95.0 Å². The number of aryl methyl sites for hydroxylation is 8. The van der Waals surface area contributed by atoms with E-state index in [1.807, 2.05) is 88.4 Å². The van der Waals surface area contributed by atoms with Crippen molar-refractivity contribution in [3.05, 3.63) is 225 Å². The molecule has 9 aromatic rings. The predicted molar refractivity (Wildman–Crippen MR) is 300 cm³/mol. The quantitative estimate of drug-likeness (QED) is 0.111. The van der Waals surface area contributed by atoms with Crippen molar-refractivity contribution in [2.75, 3.05) is 0 Å². The molecule has 2 heterocycles. The summed E-state index contributed by atoms with van der Waals surface area (Å²) in [5.41, 5.74) is 20.5. The number of pyridine rings is 2. The van der Waals surface area contributed by atoms with Gasteiger partial charge in [0.15, 0.2) is 0 Å². The number of para-hydroxylation sites is 4. The first kappa shape index (κ1) is 57.6. The van der Waals surface area contributed by atoms with Crippen LogP contribution in [-0.4, -0.2) is 32.8 Å². The largest absolute Gasteiger partial charge is 1.00 e. The van der Waals surface area contributed by atoms with Crippen molar-refractivity contribution >= 4 is 67.1 Å². The molecule has 0 radical (unpaired) electrons. The van der Waals surface area contributed by atoms with Crippen molar-refractivity contribution in [3.8, 4) is 11.5 Å². The average molecular weight is 1070 g/mol. The molecule has 2 aromatic heterocycles. The molecule has 7 aromatic carbocycles. The third-order valence-corrected chi connectivity index (χ3v) is 12.7. The minimum absolute atomic E-state index is 0. The first-order valence-electron chi connectivity index (χ1n) is 24.2.